The third-order valence-electron chi connectivity index (χ3n) is 5.94. The van der Waals surface area contributed by atoms with Crippen molar-refractivity contribution in [3.8, 4) is 0 Å². The Hall–Kier alpha value is -2.87. The van der Waals surface area contributed by atoms with E-state index in [1.807, 2.05) is 0 Å². The number of hydrogen-bond donors (Lipinski definition) is 3. The summed E-state index contributed by atoms with van der Waals surface area (Å²) in [5.41, 5.74) is -2.00. The average molecular weight is 597 g/mol. The molecule has 3 N–H and O–H groups in total. The molecule has 12 heteroatoms. The van der Waals surface area contributed by atoms with Crippen LogP contribution in [0.5, 0.6) is 0 Å². The van der Waals surface area contributed by atoms with Crippen LogP contribution < -0.4 is 0 Å². The highest BCUT2D eigenvalue weighted by Gasteiger charge is 2.60. The van der Waals surface area contributed by atoms with Gasteiger partial charge in [-0.3, -0.25) is 14.1 Å². The van der Waals surface area contributed by atoms with Gasteiger partial charge >= 0.3 is 5.92 Å². The van der Waals surface area contributed by atoms with Crippen molar-refractivity contribution in [2.45, 2.75) is 29.1 Å². The molecule has 0 aliphatic carbocycles. The SMILES string of the molecule is O=C(c1ccccc1)c1cc(S(=O)(=O)O)c([C@@H]2O[C@H](CO)[C@@H](O)C2(F)F)c(C(=O)c2ccccc2)c1Br. The fourth-order valence-corrected chi connectivity index (χ4v) is 5.58. The second-order valence-electron chi connectivity index (χ2n) is 8.25. The fourth-order valence-electron chi connectivity index (χ4n) is 4.13. The van der Waals surface area contributed by atoms with Crippen molar-refractivity contribution in [2.24, 2.45) is 0 Å². The Bertz CT molecular complexity index is 1460. The molecule has 37 heavy (non-hydrogen) atoms. The number of ether oxygens (including phenoxy) is 1. The lowest BCUT2D eigenvalue weighted by atomic mass is 9.89. The van der Waals surface area contributed by atoms with Crippen molar-refractivity contribution < 1.29 is 46.3 Å². The number of carbonyl (C=O) groups is 2. The summed E-state index contributed by atoms with van der Waals surface area (Å²) in [4.78, 5) is 25.8. The lowest BCUT2D eigenvalue weighted by Crippen LogP contribution is -2.38. The number of rotatable bonds is 7. The second kappa shape index (κ2) is 10.1. The summed E-state index contributed by atoms with van der Waals surface area (Å²) >= 11 is 3.13. The van der Waals surface area contributed by atoms with Crippen LogP contribution in [0.25, 0.3) is 0 Å². The van der Waals surface area contributed by atoms with E-state index in [2.05, 4.69) is 15.9 Å². The normalized spacial score (nSPS) is 21.1. The number of aliphatic hydroxyl groups is 2. The van der Waals surface area contributed by atoms with E-state index in [9.17, 15) is 32.8 Å². The summed E-state index contributed by atoms with van der Waals surface area (Å²) in [6, 6.07) is 15.5. The van der Waals surface area contributed by atoms with Crippen LogP contribution in [0, 0.1) is 0 Å². The highest BCUT2D eigenvalue weighted by molar-refractivity contribution is 9.10. The molecule has 0 saturated carbocycles. The maximum atomic E-state index is 15.2. The quantitative estimate of drug-likeness (QED) is 0.278. The Morgan fingerprint density at radius 3 is 1.95 bits per heavy atom. The van der Waals surface area contributed by atoms with E-state index in [4.69, 9.17) is 4.74 Å². The Kier molecular flexibility index (Phi) is 7.43. The molecule has 0 bridgehead atoms. The number of ketones is 2. The highest BCUT2D eigenvalue weighted by atomic mass is 79.9. The maximum absolute atomic E-state index is 15.2. The minimum absolute atomic E-state index is 0.0457. The third kappa shape index (κ3) is 4.88. The standard InChI is InChI=1S/C25H19BrF2O8S/c26-20-15(21(30)13-7-3-1-4-8-13)11-17(37(33,34)35)18(19(20)22(31)14-9-5-2-6-10-14)24-25(27,28)23(32)16(12-29)36-24/h1-11,16,23-24,29,32H,12H2,(H,33,34,35)/t16-,23-,24+/m1/s1. The Balaban J connectivity index is 2.10. The summed E-state index contributed by atoms with van der Waals surface area (Å²) in [7, 11) is -5.34. The topological polar surface area (TPSA) is 138 Å². The van der Waals surface area contributed by atoms with E-state index < -0.39 is 74.1 Å². The number of aliphatic hydroxyl groups excluding tert-OH is 2. The van der Waals surface area contributed by atoms with E-state index in [0.717, 1.165) is 0 Å². The van der Waals surface area contributed by atoms with Crippen molar-refractivity contribution >= 4 is 37.6 Å². The van der Waals surface area contributed by atoms with Gasteiger partial charge in [0.15, 0.2) is 17.7 Å². The molecule has 0 radical (unpaired) electrons. The zero-order chi connectivity index (χ0) is 27.1. The number of halogens is 3. The maximum Gasteiger partial charge on any atom is 0.305 e. The molecule has 1 saturated heterocycles. The van der Waals surface area contributed by atoms with E-state index in [0.29, 0.717) is 6.07 Å². The Morgan fingerprint density at radius 1 is 0.973 bits per heavy atom. The minimum atomic E-state index is -5.34. The minimum Gasteiger partial charge on any atom is -0.394 e. The van der Waals surface area contributed by atoms with E-state index in [1.165, 1.54) is 36.4 Å². The first-order valence-corrected chi connectivity index (χ1v) is 13.0. The average Bonchev–Trinajstić information content (AvgIpc) is 3.11. The Labute approximate surface area is 218 Å². The molecule has 194 valence electrons. The molecule has 4 rings (SSSR count). The van der Waals surface area contributed by atoms with Gasteiger partial charge in [-0.2, -0.15) is 8.42 Å². The predicted octanol–water partition coefficient (Wildman–Crippen LogP) is 3.59. The zero-order valence-electron chi connectivity index (χ0n) is 18.7. The van der Waals surface area contributed by atoms with Gasteiger partial charge in [0, 0.05) is 32.3 Å². The number of benzene rings is 3. The molecule has 3 atom stereocenters. The van der Waals surface area contributed by atoms with Gasteiger partial charge in [-0.25, -0.2) is 8.78 Å². The van der Waals surface area contributed by atoms with Crippen LogP contribution in [0.4, 0.5) is 8.78 Å². The molecule has 0 aromatic heterocycles. The lowest BCUT2D eigenvalue weighted by molar-refractivity contribution is -0.114. The highest BCUT2D eigenvalue weighted by Crippen LogP contribution is 2.50. The second-order valence-corrected chi connectivity index (χ2v) is 10.4. The molecule has 0 unspecified atom stereocenters. The first-order valence-electron chi connectivity index (χ1n) is 10.7. The van der Waals surface area contributed by atoms with Crippen molar-refractivity contribution in [3.63, 3.8) is 0 Å². The van der Waals surface area contributed by atoms with E-state index >= 15 is 8.78 Å². The van der Waals surface area contributed by atoms with Gasteiger partial charge in [-0.1, -0.05) is 60.7 Å². The molecule has 0 spiro atoms. The fraction of sp³-hybridized carbons (Fsp3) is 0.200. The van der Waals surface area contributed by atoms with Crippen molar-refractivity contribution in [1.82, 2.24) is 0 Å². The molecule has 1 aliphatic rings. The van der Waals surface area contributed by atoms with Crippen LogP contribution >= 0.6 is 15.9 Å². The van der Waals surface area contributed by atoms with Crippen LogP contribution in [0.15, 0.2) is 76.1 Å². The number of hydrogen-bond acceptors (Lipinski definition) is 7. The third-order valence-corrected chi connectivity index (χ3v) is 7.65. The first kappa shape index (κ1) is 27.2. The number of carbonyl (C=O) groups excluding carboxylic acids is 2. The summed E-state index contributed by atoms with van der Waals surface area (Å²) in [5.74, 6) is -5.92. The molecule has 1 fully saturated rings. The largest absolute Gasteiger partial charge is 0.394 e. The Morgan fingerprint density at radius 2 is 1.49 bits per heavy atom. The molecule has 8 nitrogen and oxygen atoms in total. The van der Waals surface area contributed by atoms with Crippen molar-refractivity contribution in [2.75, 3.05) is 6.61 Å². The van der Waals surface area contributed by atoms with Crippen LogP contribution in [0.1, 0.15) is 43.5 Å². The predicted molar refractivity (Wildman–Crippen MR) is 129 cm³/mol. The van der Waals surface area contributed by atoms with E-state index in [-0.39, 0.29) is 15.6 Å². The van der Waals surface area contributed by atoms with Gasteiger partial charge in [0.05, 0.1) is 6.61 Å². The molecule has 3 aromatic carbocycles. The smallest absolute Gasteiger partial charge is 0.305 e. The van der Waals surface area contributed by atoms with E-state index in [1.54, 1.807) is 24.3 Å². The number of alkyl halides is 2. The monoisotopic (exact) mass is 596 g/mol. The van der Waals surface area contributed by atoms with Crippen molar-refractivity contribution in [1.29, 1.82) is 0 Å². The molecule has 0 amide bonds. The van der Waals surface area contributed by atoms with Gasteiger partial charge < -0.3 is 14.9 Å². The lowest BCUT2D eigenvalue weighted by Gasteiger charge is -2.25. The van der Waals surface area contributed by atoms with Crippen LogP contribution in [0.2, 0.25) is 0 Å². The van der Waals surface area contributed by atoms with Crippen LogP contribution in [0.3, 0.4) is 0 Å². The molecule has 3 aromatic rings. The van der Waals surface area contributed by atoms with Gasteiger partial charge in [-0.15, -0.1) is 0 Å². The zero-order valence-corrected chi connectivity index (χ0v) is 21.1. The van der Waals surface area contributed by atoms with Gasteiger partial charge in [0.2, 0.25) is 0 Å². The summed E-state index contributed by atoms with van der Waals surface area (Å²) in [6.45, 7) is -1.04. The molecule has 1 aliphatic heterocycles. The first-order chi connectivity index (χ1) is 17.4. The molecule has 1 heterocycles. The summed E-state index contributed by atoms with van der Waals surface area (Å²) < 4.78 is 70.3. The van der Waals surface area contributed by atoms with Gasteiger partial charge in [-0.05, 0) is 22.0 Å². The summed E-state index contributed by atoms with van der Waals surface area (Å²) in [5, 5.41) is 19.5. The van der Waals surface area contributed by atoms with Gasteiger partial charge in [0.25, 0.3) is 10.1 Å². The molecular formula is C25H19BrF2O8S. The van der Waals surface area contributed by atoms with Gasteiger partial charge in [0.1, 0.15) is 17.1 Å². The van der Waals surface area contributed by atoms with Crippen LogP contribution in [-0.2, 0) is 14.9 Å². The van der Waals surface area contributed by atoms with Crippen molar-refractivity contribution in [3.05, 3.63) is 99.0 Å². The molecular weight excluding hydrogens is 578 g/mol. The van der Waals surface area contributed by atoms with Crippen LogP contribution in [-0.4, -0.2) is 59.5 Å². The summed E-state index contributed by atoms with van der Waals surface area (Å²) in [6.07, 6.45) is -6.95.